The van der Waals surface area contributed by atoms with Crippen LogP contribution in [0.15, 0.2) is 36.7 Å². The first-order valence-electron chi connectivity index (χ1n) is 8.24. The van der Waals surface area contributed by atoms with E-state index < -0.39 is 6.10 Å². The molecule has 1 N–H and O–H groups in total. The second-order valence-corrected chi connectivity index (χ2v) is 6.10. The summed E-state index contributed by atoms with van der Waals surface area (Å²) in [7, 11) is 1.64. The number of hydrogen-bond acceptors (Lipinski definition) is 6. The number of hydrogen-bond donors (Lipinski definition) is 1. The van der Waals surface area contributed by atoms with Crippen molar-refractivity contribution in [2.45, 2.75) is 13.0 Å². The highest BCUT2D eigenvalue weighted by Gasteiger charge is 2.22. The van der Waals surface area contributed by atoms with E-state index in [9.17, 15) is 5.11 Å². The van der Waals surface area contributed by atoms with Crippen molar-refractivity contribution in [1.82, 2.24) is 14.9 Å². The number of rotatable bonds is 5. The molecule has 0 radical (unpaired) electrons. The average Bonchev–Trinajstić information content (AvgIpc) is 2.63. The fraction of sp³-hybridized carbons (Fsp3) is 0.444. The van der Waals surface area contributed by atoms with Gasteiger partial charge in [-0.2, -0.15) is 0 Å². The van der Waals surface area contributed by atoms with Crippen molar-refractivity contribution in [2.75, 3.05) is 44.7 Å². The molecule has 0 saturated carbocycles. The van der Waals surface area contributed by atoms with E-state index >= 15 is 0 Å². The zero-order valence-corrected chi connectivity index (χ0v) is 14.2. The van der Waals surface area contributed by atoms with Crippen LogP contribution in [0, 0.1) is 6.92 Å². The molecule has 1 aromatic carbocycles. The van der Waals surface area contributed by atoms with Gasteiger partial charge < -0.3 is 14.7 Å². The monoisotopic (exact) mass is 328 g/mol. The molecule has 6 nitrogen and oxygen atoms in total. The molecule has 2 heterocycles. The smallest absolute Gasteiger partial charge is 0.225 e. The standard InChI is InChI=1S/C18H24N4O2/c1-14-4-5-17(24-2)15(12-14)16(23)13-21-8-10-22(11-9-21)18-19-6-3-7-20-18/h3-7,12,16,23H,8-11,13H2,1-2H3/t16-/m1/s1. The fourth-order valence-electron chi connectivity index (χ4n) is 3.04. The number of β-amino-alcohol motifs (C(OH)–C–C–N with tert-alkyl or cyclic N) is 1. The van der Waals surface area contributed by atoms with E-state index in [0.717, 1.165) is 49.0 Å². The molecule has 1 aliphatic rings. The maximum atomic E-state index is 10.6. The van der Waals surface area contributed by atoms with Crippen molar-refractivity contribution in [1.29, 1.82) is 0 Å². The van der Waals surface area contributed by atoms with Crippen LogP contribution in [0.1, 0.15) is 17.2 Å². The molecule has 1 fully saturated rings. The first-order valence-corrected chi connectivity index (χ1v) is 8.24. The molecular formula is C18H24N4O2. The number of nitrogens with zero attached hydrogens (tertiary/aromatic N) is 4. The van der Waals surface area contributed by atoms with Crippen molar-refractivity contribution in [3.8, 4) is 5.75 Å². The summed E-state index contributed by atoms with van der Waals surface area (Å²) < 4.78 is 5.38. The molecule has 1 atom stereocenters. The molecule has 3 rings (SSSR count). The maximum absolute atomic E-state index is 10.6. The molecule has 0 unspecified atom stereocenters. The number of methoxy groups -OCH3 is 1. The van der Waals surface area contributed by atoms with Crippen LogP contribution < -0.4 is 9.64 Å². The van der Waals surface area contributed by atoms with Gasteiger partial charge in [-0.1, -0.05) is 11.6 Å². The van der Waals surface area contributed by atoms with Crippen LogP contribution >= 0.6 is 0 Å². The third-order valence-electron chi connectivity index (χ3n) is 4.38. The van der Waals surface area contributed by atoms with E-state index in [4.69, 9.17) is 4.74 Å². The lowest BCUT2D eigenvalue weighted by Crippen LogP contribution is -2.48. The van der Waals surface area contributed by atoms with Crippen LogP contribution in [-0.4, -0.2) is 59.8 Å². The number of aliphatic hydroxyl groups is 1. The Hall–Kier alpha value is -2.18. The van der Waals surface area contributed by atoms with Gasteiger partial charge in [-0.05, 0) is 25.1 Å². The van der Waals surface area contributed by atoms with Gasteiger partial charge in [0, 0.05) is 50.7 Å². The fourth-order valence-corrected chi connectivity index (χ4v) is 3.04. The highest BCUT2D eigenvalue weighted by Crippen LogP contribution is 2.27. The summed E-state index contributed by atoms with van der Waals surface area (Å²) in [4.78, 5) is 13.0. The lowest BCUT2D eigenvalue weighted by molar-refractivity contribution is 0.107. The van der Waals surface area contributed by atoms with Crippen molar-refractivity contribution in [2.24, 2.45) is 0 Å². The minimum Gasteiger partial charge on any atom is -0.496 e. The predicted octanol–water partition coefficient (Wildman–Crippen LogP) is 1.65. The van der Waals surface area contributed by atoms with Gasteiger partial charge in [-0.3, -0.25) is 4.90 Å². The number of piperazine rings is 1. The third-order valence-corrected chi connectivity index (χ3v) is 4.38. The average molecular weight is 328 g/mol. The van der Waals surface area contributed by atoms with Gasteiger partial charge in [0.1, 0.15) is 5.75 Å². The summed E-state index contributed by atoms with van der Waals surface area (Å²) in [6.07, 6.45) is 2.98. The van der Waals surface area contributed by atoms with E-state index in [1.165, 1.54) is 0 Å². The first kappa shape index (κ1) is 16.7. The zero-order valence-electron chi connectivity index (χ0n) is 14.2. The van der Waals surface area contributed by atoms with Gasteiger partial charge in [0.15, 0.2) is 0 Å². The van der Waals surface area contributed by atoms with Gasteiger partial charge in [0.25, 0.3) is 0 Å². The van der Waals surface area contributed by atoms with Crippen LogP contribution in [0.3, 0.4) is 0 Å². The third kappa shape index (κ3) is 3.83. The Morgan fingerprint density at radius 2 is 1.88 bits per heavy atom. The molecular weight excluding hydrogens is 304 g/mol. The Morgan fingerprint density at radius 1 is 1.17 bits per heavy atom. The summed E-state index contributed by atoms with van der Waals surface area (Å²) in [5.74, 6) is 1.52. The number of aromatic nitrogens is 2. The van der Waals surface area contributed by atoms with Gasteiger partial charge in [0.05, 0.1) is 13.2 Å². The van der Waals surface area contributed by atoms with E-state index in [1.807, 2.05) is 31.2 Å². The Labute approximate surface area is 142 Å². The molecule has 0 amide bonds. The molecule has 128 valence electrons. The second kappa shape index (κ2) is 7.59. The number of aryl methyl sites for hydroxylation is 1. The van der Waals surface area contributed by atoms with Crippen LogP contribution in [-0.2, 0) is 0 Å². The van der Waals surface area contributed by atoms with Gasteiger partial charge in [-0.25, -0.2) is 9.97 Å². The van der Waals surface area contributed by atoms with Gasteiger partial charge >= 0.3 is 0 Å². The molecule has 24 heavy (non-hydrogen) atoms. The first-order chi connectivity index (χ1) is 11.7. The number of benzene rings is 1. The van der Waals surface area contributed by atoms with Crippen LogP contribution in [0.4, 0.5) is 5.95 Å². The molecule has 6 heteroatoms. The topological polar surface area (TPSA) is 61.7 Å². The largest absolute Gasteiger partial charge is 0.496 e. The van der Waals surface area contributed by atoms with Gasteiger partial charge in [-0.15, -0.1) is 0 Å². The summed E-state index contributed by atoms with van der Waals surface area (Å²) in [5.41, 5.74) is 1.97. The quantitative estimate of drug-likeness (QED) is 0.900. The van der Waals surface area contributed by atoms with E-state index in [0.29, 0.717) is 6.54 Å². The lowest BCUT2D eigenvalue weighted by Gasteiger charge is -2.35. The van der Waals surface area contributed by atoms with E-state index in [1.54, 1.807) is 19.5 Å². The predicted molar refractivity (Wildman–Crippen MR) is 93.4 cm³/mol. The Morgan fingerprint density at radius 3 is 2.54 bits per heavy atom. The Balaban J connectivity index is 1.59. The highest BCUT2D eigenvalue weighted by atomic mass is 16.5. The molecule has 1 aromatic heterocycles. The lowest BCUT2D eigenvalue weighted by atomic mass is 10.0. The van der Waals surface area contributed by atoms with Crippen LogP contribution in [0.25, 0.3) is 0 Å². The van der Waals surface area contributed by atoms with E-state index in [2.05, 4.69) is 19.8 Å². The molecule has 1 saturated heterocycles. The normalized spacial score (nSPS) is 16.9. The zero-order chi connectivity index (χ0) is 16.9. The second-order valence-electron chi connectivity index (χ2n) is 6.10. The molecule has 2 aromatic rings. The van der Waals surface area contributed by atoms with Crippen molar-refractivity contribution >= 4 is 5.95 Å². The van der Waals surface area contributed by atoms with Crippen LogP contribution in [0.5, 0.6) is 5.75 Å². The molecule has 0 spiro atoms. The summed E-state index contributed by atoms with van der Waals surface area (Å²) >= 11 is 0. The minimum absolute atomic E-state index is 0.556. The Kier molecular flexibility index (Phi) is 5.27. The molecule has 1 aliphatic heterocycles. The number of ether oxygens (including phenoxy) is 1. The number of aliphatic hydroxyl groups excluding tert-OH is 1. The SMILES string of the molecule is COc1ccc(C)cc1[C@H](O)CN1CCN(c2ncccn2)CC1. The van der Waals surface area contributed by atoms with Crippen LogP contribution in [0.2, 0.25) is 0 Å². The Bertz CT molecular complexity index is 657. The highest BCUT2D eigenvalue weighted by molar-refractivity contribution is 5.38. The minimum atomic E-state index is -0.556. The molecule has 0 aliphatic carbocycles. The number of anilines is 1. The van der Waals surface area contributed by atoms with Crippen molar-refractivity contribution < 1.29 is 9.84 Å². The summed E-state index contributed by atoms with van der Waals surface area (Å²) in [6.45, 7) is 6.11. The maximum Gasteiger partial charge on any atom is 0.225 e. The summed E-state index contributed by atoms with van der Waals surface area (Å²) in [6, 6.07) is 7.73. The van der Waals surface area contributed by atoms with E-state index in [-0.39, 0.29) is 0 Å². The van der Waals surface area contributed by atoms with Gasteiger partial charge in [0.2, 0.25) is 5.95 Å². The van der Waals surface area contributed by atoms with Crippen molar-refractivity contribution in [3.05, 3.63) is 47.8 Å². The van der Waals surface area contributed by atoms with Crippen molar-refractivity contribution in [3.63, 3.8) is 0 Å². The summed E-state index contributed by atoms with van der Waals surface area (Å²) in [5, 5.41) is 10.6. The molecule has 0 bridgehead atoms.